The smallest absolute Gasteiger partial charge is 0.447 e. The summed E-state index contributed by atoms with van der Waals surface area (Å²) in [5.74, 6) is -0.327. The number of halogens is 4. The van der Waals surface area contributed by atoms with Gasteiger partial charge in [0.15, 0.2) is 0 Å². The lowest BCUT2D eigenvalue weighted by atomic mass is 9.98. The third-order valence-electron chi connectivity index (χ3n) is 4.91. The molecule has 0 aliphatic carbocycles. The van der Waals surface area contributed by atoms with E-state index in [9.17, 15) is 22.8 Å². The molecule has 1 fully saturated rings. The topological polar surface area (TPSA) is 116 Å². The second kappa shape index (κ2) is 11.3. The van der Waals surface area contributed by atoms with Crippen LogP contribution >= 0.6 is 11.6 Å². The van der Waals surface area contributed by atoms with Crippen molar-refractivity contribution in [1.29, 1.82) is 0 Å². The van der Waals surface area contributed by atoms with Crippen molar-refractivity contribution in [3.63, 3.8) is 0 Å². The van der Waals surface area contributed by atoms with Gasteiger partial charge in [0, 0.05) is 23.2 Å². The Morgan fingerprint density at radius 1 is 1.19 bits per heavy atom. The highest BCUT2D eigenvalue weighted by molar-refractivity contribution is 6.30. The van der Waals surface area contributed by atoms with Crippen LogP contribution in [0, 0.1) is 0 Å². The summed E-state index contributed by atoms with van der Waals surface area (Å²) >= 11 is 5.97. The first-order chi connectivity index (χ1) is 16.8. The number of carbonyl (C=O) groups excluding carboxylic acids is 2. The van der Waals surface area contributed by atoms with Crippen molar-refractivity contribution in [3.05, 3.63) is 40.7 Å². The van der Waals surface area contributed by atoms with Crippen LogP contribution in [0.3, 0.4) is 0 Å². The van der Waals surface area contributed by atoms with Crippen molar-refractivity contribution in [3.8, 4) is 6.08 Å². The van der Waals surface area contributed by atoms with Crippen LogP contribution < -0.4 is 10.1 Å². The molecule has 1 N–H and O–H groups in total. The maximum absolute atomic E-state index is 13.0. The van der Waals surface area contributed by atoms with E-state index in [1.165, 1.54) is 11.0 Å². The van der Waals surface area contributed by atoms with Crippen molar-refractivity contribution >= 4 is 23.6 Å². The van der Waals surface area contributed by atoms with Gasteiger partial charge in [0.25, 0.3) is 5.91 Å². The van der Waals surface area contributed by atoms with Gasteiger partial charge in [0.05, 0.1) is 6.61 Å². The van der Waals surface area contributed by atoms with Crippen LogP contribution in [0.2, 0.25) is 5.02 Å². The number of likely N-dealkylation sites (tertiary alicyclic amines) is 1. The van der Waals surface area contributed by atoms with Crippen LogP contribution in [0.4, 0.5) is 18.0 Å². The summed E-state index contributed by atoms with van der Waals surface area (Å²) in [5, 5.41) is 10.9. The number of carbonyl (C=O) groups is 2. The van der Waals surface area contributed by atoms with Gasteiger partial charge in [0.1, 0.15) is 18.2 Å². The predicted molar refractivity (Wildman–Crippen MR) is 119 cm³/mol. The molecule has 198 valence electrons. The second-order valence-corrected chi connectivity index (χ2v) is 9.39. The Morgan fingerprint density at radius 2 is 1.94 bits per heavy atom. The number of rotatable bonds is 7. The minimum Gasteiger partial charge on any atom is -0.447 e. The summed E-state index contributed by atoms with van der Waals surface area (Å²) in [7, 11) is 0. The Balaban J connectivity index is 1.69. The molecule has 2 amide bonds. The van der Waals surface area contributed by atoms with E-state index in [4.69, 9.17) is 25.5 Å². The van der Waals surface area contributed by atoms with Crippen LogP contribution in [0.15, 0.2) is 28.7 Å². The molecule has 1 aliphatic rings. The quantitative estimate of drug-likeness (QED) is 0.516. The number of hydrogen-bond acceptors (Lipinski definition) is 8. The standard InChI is InChI=1S/C22H26ClF3N4O6/c1-21(2,3)36-20(32)30-12-15(27-17(31)13-5-4-6-14(23)11-13)7-8-16(30)18-28-29-19(35-18)33-9-10-34-22(24,25)26/h4-6,11,15-16H,7-10,12H2,1-3H3,(H,27,31). The zero-order chi connectivity index (χ0) is 26.5. The third kappa shape index (κ3) is 8.26. The molecule has 0 saturated carbocycles. The van der Waals surface area contributed by atoms with Gasteiger partial charge in [-0.2, -0.15) is 0 Å². The number of aromatic nitrogens is 2. The van der Waals surface area contributed by atoms with E-state index in [0.717, 1.165) is 0 Å². The average Bonchev–Trinajstić information content (AvgIpc) is 3.23. The Morgan fingerprint density at radius 3 is 2.61 bits per heavy atom. The zero-order valence-corrected chi connectivity index (χ0v) is 20.6. The lowest BCUT2D eigenvalue weighted by Gasteiger charge is -2.38. The third-order valence-corrected chi connectivity index (χ3v) is 5.15. The number of benzene rings is 1. The van der Waals surface area contributed by atoms with Gasteiger partial charge in [-0.15, -0.1) is 18.3 Å². The van der Waals surface area contributed by atoms with E-state index in [1.54, 1.807) is 39.0 Å². The van der Waals surface area contributed by atoms with Crippen molar-refractivity contribution in [1.82, 2.24) is 20.4 Å². The van der Waals surface area contributed by atoms with E-state index in [1.807, 2.05) is 0 Å². The molecular weight excluding hydrogens is 509 g/mol. The average molecular weight is 535 g/mol. The first-order valence-electron chi connectivity index (χ1n) is 11.0. The molecule has 2 aromatic rings. The molecule has 1 aromatic heterocycles. The number of piperidine rings is 1. The molecular formula is C22H26ClF3N4O6. The van der Waals surface area contributed by atoms with E-state index >= 15 is 0 Å². The van der Waals surface area contributed by atoms with Crippen molar-refractivity contribution in [2.45, 2.75) is 57.7 Å². The molecule has 2 atom stereocenters. The molecule has 10 nitrogen and oxygen atoms in total. The van der Waals surface area contributed by atoms with Crippen LogP contribution in [-0.2, 0) is 9.47 Å². The number of hydrogen-bond donors (Lipinski definition) is 1. The Hall–Kier alpha value is -3.06. The number of nitrogens with one attached hydrogen (secondary N) is 1. The van der Waals surface area contributed by atoms with Crippen LogP contribution in [0.25, 0.3) is 0 Å². The van der Waals surface area contributed by atoms with Gasteiger partial charge in [-0.3, -0.25) is 14.4 Å². The minimum atomic E-state index is -4.78. The van der Waals surface area contributed by atoms with Crippen molar-refractivity contribution < 1.29 is 41.4 Å². The highest BCUT2D eigenvalue weighted by atomic mass is 35.5. The maximum Gasteiger partial charge on any atom is 0.522 e. The van der Waals surface area contributed by atoms with Crippen molar-refractivity contribution in [2.24, 2.45) is 0 Å². The molecule has 3 rings (SSSR count). The maximum atomic E-state index is 13.0. The van der Waals surface area contributed by atoms with Gasteiger partial charge >= 0.3 is 18.5 Å². The summed E-state index contributed by atoms with van der Waals surface area (Å²) in [6.45, 7) is 3.99. The fraction of sp³-hybridized carbons (Fsp3) is 0.545. The summed E-state index contributed by atoms with van der Waals surface area (Å²) in [6.07, 6.45) is -5.00. The van der Waals surface area contributed by atoms with E-state index in [2.05, 4.69) is 20.3 Å². The summed E-state index contributed by atoms with van der Waals surface area (Å²) < 4.78 is 55.8. The number of amides is 2. The Kier molecular flexibility index (Phi) is 8.67. The highest BCUT2D eigenvalue weighted by Crippen LogP contribution is 2.33. The lowest BCUT2D eigenvalue weighted by molar-refractivity contribution is -0.325. The van der Waals surface area contributed by atoms with Crippen LogP contribution in [-0.4, -0.2) is 64.9 Å². The fourth-order valence-electron chi connectivity index (χ4n) is 3.47. The molecule has 0 bridgehead atoms. The van der Waals surface area contributed by atoms with Gasteiger partial charge in [-0.1, -0.05) is 22.8 Å². The van der Waals surface area contributed by atoms with Gasteiger partial charge < -0.3 is 19.2 Å². The first kappa shape index (κ1) is 27.5. The molecule has 2 heterocycles. The Labute approximate surface area is 210 Å². The number of ether oxygens (including phenoxy) is 3. The molecule has 1 aromatic carbocycles. The zero-order valence-electron chi connectivity index (χ0n) is 19.8. The molecule has 36 heavy (non-hydrogen) atoms. The number of nitrogens with zero attached hydrogens (tertiary/aromatic N) is 3. The lowest BCUT2D eigenvalue weighted by Crippen LogP contribution is -2.52. The van der Waals surface area contributed by atoms with E-state index in [0.29, 0.717) is 23.4 Å². The molecule has 14 heteroatoms. The van der Waals surface area contributed by atoms with Crippen molar-refractivity contribution in [2.75, 3.05) is 19.8 Å². The van der Waals surface area contributed by atoms with Gasteiger partial charge in [-0.25, -0.2) is 4.79 Å². The summed E-state index contributed by atoms with van der Waals surface area (Å²) in [4.78, 5) is 27.0. The van der Waals surface area contributed by atoms with Gasteiger partial charge in [-0.05, 0) is 51.8 Å². The largest absolute Gasteiger partial charge is 0.522 e. The van der Waals surface area contributed by atoms with Crippen LogP contribution in [0.1, 0.15) is 55.9 Å². The van der Waals surface area contributed by atoms with Gasteiger partial charge in [0.2, 0.25) is 5.89 Å². The molecule has 0 spiro atoms. The number of alkyl halides is 3. The first-order valence-corrected chi connectivity index (χ1v) is 11.4. The molecule has 0 radical (unpaired) electrons. The summed E-state index contributed by atoms with van der Waals surface area (Å²) in [5.41, 5.74) is -0.415. The monoisotopic (exact) mass is 534 g/mol. The fourth-order valence-corrected chi connectivity index (χ4v) is 3.66. The summed E-state index contributed by atoms with van der Waals surface area (Å²) in [6, 6.07) is 5.37. The highest BCUT2D eigenvalue weighted by Gasteiger charge is 2.39. The molecule has 1 saturated heterocycles. The minimum absolute atomic E-state index is 0.0206. The molecule has 2 unspecified atom stereocenters. The second-order valence-electron chi connectivity index (χ2n) is 8.96. The predicted octanol–water partition coefficient (Wildman–Crippen LogP) is 4.51. The Bertz CT molecular complexity index is 1060. The van der Waals surface area contributed by atoms with Crippen LogP contribution in [0.5, 0.6) is 6.08 Å². The normalized spacial score (nSPS) is 18.6. The van der Waals surface area contributed by atoms with E-state index < -0.39 is 43.4 Å². The van der Waals surface area contributed by atoms with E-state index in [-0.39, 0.29) is 24.4 Å². The SMILES string of the molecule is CC(C)(C)OC(=O)N1CC(NC(=O)c2cccc(Cl)c2)CCC1c1nnc(OCCOC(F)(F)F)o1. The molecule has 1 aliphatic heterocycles.